The maximum Gasteiger partial charge on any atom is 0.0562 e. The predicted octanol–water partition coefficient (Wildman–Crippen LogP) is 1.47. The number of hydrogen-bond acceptors (Lipinski definition) is 4. The first-order chi connectivity index (χ1) is 9.28. The summed E-state index contributed by atoms with van der Waals surface area (Å²) in [5, 5.41) is 3.17. The number of nitrogens with zero attached hydrogens (tertiary/aromatic N) is 3. The molecular weight excluding hydrogens is 236 g/mol. The summed E-state index contributed by atoms with van der Waals surface area (Å²) in [7, 11) is 1.97. The standard InChI is InChI=1S/C15H24N4/c1-12-10-18-7-3-4-15(18)11-19(12)14-5-6-17-13(8-14)9-16-2/h5-6,8,12,15-16H,3-4,7,9-11H2,1-2H3. The van der Waals surface area contributed by atoms with E-state index in [0.29, 0.717) is 6.04 Å². The van der Waals surface area contributed by atoms with Crippen LogP contribution in [0.25, 0.3) is 0 Å². The Bertz CT molecular complexity index is 434. The van der Waals surface area contributed by atoms with E-state index < -0.39 is 0 Å². The zero-order valence-electron chi connectivity index (χ0n) is 12.0. The summed E-state index contributed by atoms with van der Waals surface area (Å²) in [5.41, 5.74) is 2.46. The van der Waals surface area contributed by atoms with Crippen molar-refractivity contribution in [3.63, 3.8) is 0 Å². The highest BCUT2D eigenvalue weighted by Gasteiger charge is 2.34. The molecule has 0 aliphatic carbocycles. The first kappa shape index (κ1) is 12.9. The summed E-state index contributed by atoms with van der Waals surface area (Å²) in [6.45, 7) is 6.85. The SMILES string of the molecule is CNCc1cc(N2CC3CCCN3CC2C)ccn1. The molecule has 1 aromatic heterocycles. The maximum atomic E-state index is 4.42. The van der Waals surface area contributed by atoms with Gasteiger partial charge in [0.25, 0.3) is 0 Å². The Kier molecular flexibility index (Phi) is 3.71. The lowest BCUT2D eigenvalue weighted by molar-refractivity contribution is 0.203. The molecule has 0 amide bonds. The molecule has 1 N–H and O–H groups in total. The highest BCUT2D eigenvalue weighted by atomic mass is 15.3. The molecule has 2 atom stereocenters. The fourth-order valence-electron chi connectivity index (χ4n) is 3.47. The Labute approximate surface area is 115 Å². The number of piperazine rings is 1. The fraction of sp³-hybridized carbons (Fsp3) is 0.667. The molecule has 0 radical (unpaired) electrons. The molecule has 4 heteroatoms. The first-order valence-corrected chi connectivity index (χ1v) is 7.38. The van der Waals surface area contributed by atoms with E-state index in [1.165, 1.54) is 38.2 Å². The van der Waals surface area contributed by atoms with Gasteiger partial charge in [-0.15, -0.1) is 0 Å². The van der Waals surface area contributed by atoms with Crippen molar-refractivity contribution in [3.8, 4) is 0 Å². The Balaban J connectivity index is 1.78. The number of nitrogens with one attached hydrogen (secondary N) is 1. The van der Waals surface area contributed by atoms with Crippen LogP contribution in [0.15, 0.2) is 18.3 Å². The van der Waals surface area contributed by atoms with Crippen molar-refractivity contribution in [3.05, 3.63) is 24.0 Å². The van der Waals surface area contributed by atoms with Gasteiger partial charge in [-0.1, -0.05) is 0 Å². The number of rotatable bonds is 3. The van der Waals surface area contributed by atoms with Gasteiger partial charge in [0.05, 0.1) is 5.69 Å². The summed E-state index contributed by atoms with van der Waals surface area (Å²) in [6, 6.07) is 5.74. The van der Waals surface area contributed by atoms with Crippen LogP contribution in [0, 0.1) is 0 Å². The van der Waals surface area contributed by atoms with Crippen molar-refractivity contribution >= 4 is 5.69 Å². The predicted molar refractivity (Wildman–Crippen MR) is 78.4 cm³/mol. The molecule has 2 aliphatic rings. The zero-order chi connectivity index (χ0) is 13.2. The summed E-state index contributed by atoms with van der Waals surface area (Å²) in [5.74, 6) is 0. The topological polar surface area (TPSA) is 31.4 Å². The smallest absolute Gasteiger partial charge is 0.0562 e. The summed E-state index contributed by atoms with van der Waals surface area (Å²) in [4.78, 5) is 9.64. The van der Waals surface area contributed by atoms with Crippen LogP contribution in [0.5, 0.6) is 0 Å². The van der Waals surface area contributed by atoms with Crippen LogP contribution in [-0.4, -0.2) is 48.6 Å². The fourth-order valence-corrected chi connectivity index (χ4v) is 3.47. The molecule has 1 aromatic rings. The van der Waals surface area contributed by atoms with Crippen LogP contribution in [-0.2, 0) is 6.54 Å². The number of anilines is 1. The minimum absolute atomic E-state index is 0.596. The number of hydrogen-bond donors (Lipinski definition) is 1. The van der Waals surface area contributed by atoms with Gasteiger partial charge >= 0.3 is 0 Å². The van der Waals surface area contributed by atoms with Crippen molar-refractivity contribution in [2.75, 3.05) is 31.6 Å². The molecule has 0 saturated carbocycles. The Hall–Kier alpha value is -1.13. The Morgan fingerprint density at radius 1 is 1.42 bits per heavy atom. The van der Waals surface area contributed by atoms with Gasteiger partial charge in [0.2, 0.25) is 0 Å². The largest absolute Gasteiger partial charge is 0.366 e. The van der Waals surface area contributed by atoms with Crippen LogP contribution in [0.4, 0.5) is 5.69 Å². The third-order valence-electron chi connectivity index (χ3n) is 4.43. The molecule has 3 rings (SSSR count). The summed E-state index contributed by atoms with van der Waals surface area (Å²) in [6.07, 6.45) is 4.67. The minimum Gasteiger partial charge on any atom is -0.366 e. The second-order valence-electron chi connectivity index (χ2n) is 5.83. The van der Waals surface area contributed by atoms with E-state index >= 15 is 0 Å². The highest BCUT2D eigenvalue weighted by Crippen LogP contribution is 2.28. The van der Waals surface area contributed by atoms with Crippen molar-refractivity contribution in [2.24, 2.45) is 0 Å². The molecule has 0 aromatic carbocycles. The maximum absolute atomic E-state index is 4.42. The average Bonchev–Trinajstić information content (AvgIpc) is 2.85. The van der Waals surface area contributed by atoms with Crippen LogP contribution in [0.1, 0.15) is 25.5 Å². The van der Waals surface area contributed by atoms with Crippen LogP contribution >= 0.6 is 0 Å². The molecular formula is C15H24N4. The minimum atomic E-state index is 0.596. The highest BCUT2D eigenvalue weighted by molar-refractivity contribution is 5.48. The van der Waals surface area contributed by atoms with Crippen molar-refractivity contribution < 1.29 is 0 Å². The third kappa shape index (κ3) is 2.60. The normalized spacial score (nSPS) is 27.6. The lowest BCUT2D eigenvalue weighted by Gasteiger charge is -2.43. The first-order valence-electron chi connectivity index (χ1n) is 7.38. The van der Waals surface area contributed by atoms with Gasteiger partial charge in [-0.25, -0.2) is 0 Å². The van der Waals surface area contributed by atoms with Crippen molar-refractivity contribution in [1.29, 1.82) is 0 Å². The van der Waals surface area contributed by atoms with Gasteiger partial charge in [0.15, 0.2) is 0 Å². The Morgan fingerprint density at radius 3 is 3.16 bits per heavy atom. The molecule has 2 unspecified atom stereocenters. The van der Waals surface area contributed by atoms with E-state index in [4.69, 9.17) is 0 Å². The molecule has 104 valence electrons. The molecule has 3 heterocycles. The van der Waals surface area contributed by atoms with E-state index in [-0.39, 0.29) is 0 Å². The van der Waals surface area contributed by atoms with E-state index in [1.807, 2.05) is 13.2 Å². The second kappa shape index (κ2) is 5.47. The molecule has 2 saturated heterocycles. The summed E-state index contributed by atoms with van der Waals surface area (Å²) >= 11 is 0. The second-order valence-corrected chi connectivity index (χ2v) is 5.83. The molecule has 19 heavy (non-hydrogen) atoms. The lowest BCUT2D eigenvalue weighted by Crippen LogP contribution is -2.55. The Morgan fingerprint density at radius 2 is 2.32 bits per heavy atom. The monoisotopic (exact) mass is 260 g/mol. The van der Waals surface area contributed by atoms with Gasteiger partial charge in [-0.3, -0.25) is 9.88 Å². The van der Waals surface area contributed by atoms with E-state index in [0.717, 1.165) is 18.3 Å². The van der Waals surface area contributed by atoms with Crippen LogP contribution in [0.3, 0.4) is 0 Å². The van der Waals surface area contributed by atoms with Gasteiger partial charge < -0.3 is 10.2 Å². The number of pyridine rings is 1. The van der Waals surface area contributed by atoms with Crippen LogP contribution in [0.2, 0.25) is 0 Å². The van der Waals surface area contributed by atoms with Crippen molar-refractivity contribution in [1.82, 2.24) is 15.2 Å². The summed E-state index contributed by atoms with van der Waals surface area (Å²) < 4.78 is 0. The quantitative estimate of drug-likeness (QED) is 0.892. The lowest BCUT2D eigenvalue weighted by atomic mass is 10.1. The van der Waals surface area contributed by atoms with E-state index in [9.17, 15) is 0 Å². The van der Waals surface area contributed by atoms with Gasteiger partial charge in [0, 0.05) is 43.6 Å². The molecule has 4 nitrogen and oxygen atoms in total. The average molecular weight is 260 g/mol. The van der Waals surface area contributed by atoms with Gasteiger partial charge in [-0.2, -0.15) is 0 Å². The van der Waals surface area contributed by atoms with Gasteiger partial charge in [-0.05, 0) is 45.5 Å². The van der Waals surface area contributed by atoms with E-state index in [1.54, 1.807) is 0 Å². The van der Waals surface area contributed by atoms with Crippen molar-refractivity contribution in [2.45, 2.75) is 38.4 Å². The third-order valence-corrected chi connectivity index (χ3v) is 4.43. The number of fused-ring (bicyclic) bond motifs is 1. The van der Waals surface area contributed by atoms with Crippen LogP contribution < -0.4 is 10.2 Å². The molecule has 0 bridgehead atoms. The number of aromatic nitrogens is 1. The van der Waals surface area contributed by atoms with Gasteiger partial charge in [0.1, 0.15) is 0 Å². The molecule has 2 fully saturated rings. The van der Waals surface area contributed by atoms with E-state index in [2.05, 4.69) is 39.2 Å². The molecule has 0 spiro atoms. The zero-order valence-corrected chi connectivity index (χ0v) is 12.0. The molecule has 2 aliphatic heterocycles.